The second-order valence-electron chi connectivity index (χ2n) is 5.62. The normalized spacial score (nSPS) is 11.4. The first-order chi connectivity index (χ1) is 12.8. The second kappa shape index (κ2) is 9.14. The van der Waals surface area contributed by atoms with E-state index < -0.39 is 30.4 Å². The van der Waals surface area contributed by atoms with E-state index in [0.29, 0.717) is 11.3 Å². The monoisotopic (exact) mass is 393 g/mol. The lowest BCUT2D eigenvalue weighted by Crippen LogP contribution is -2.31. The van der Waals surface area contributed by atoms with Gasteiger partial charge < -0.3 is 14.8 Å². The zero-order valence-electron chi connectivity index (χ0n) is 14.6. The van der Waals surface area contributed by atoms with Crippen LogP contribution in [-0.4, -0.2) is 30.4 Å². The molecule has 0 aromatic heterocycles. The molecule has 0 aliphatic rings. The van der Waals surface area contributed by atoms with Gasteiger partial charge in [0.1, 0.15) is 11.6 Å². The Bertz CT molecular complexity index is 871. The SMILES string of the molecule is CC(=O)c1cccc(OCC(=O)O[C@@H](C)C(=O)Nc2ccc(F)c(Cl)c2)c1. The van der Waals surface area contributed by atoms with Crippen molar-refractivity contribution in [3.8, 4) is 5.75 Å². The molecule has 0 aliphatic heterocycles. The van der Waals surface area contributed by atoms with E-state index in [-0.39, 0.29) is 16.5 Å². The Balaban J connectivity index is 1.85. The summed E-state index contributed by atoms with van der Waals surface area (Å²) < 4.78 is 23.4. The van der Waals surface area contributed by atoms with Crippen LogP contribution in [0.15, 0.2) is 42.5 Å². The number of anilines is 1. The number of esters is 1. The number of nitrogens with one attached hydrogen (secondary N) is 1. The lowest BCUT2D eigenvalue weighted by atomic mass is 10.1. The van der Waals surface area contributed by atoms with Gasteiger partial charge in [-0.3, -0.25) is 9.59 Å². The number of ketones is 1. The minimum Gasteiger partial charge on any atom is -0.482 e. The minimum absolute atomic E-state index is 0.130. The van der Waals surface area contributed by atoms with Crippen LogP contribution < -0.4 is 10.1 Å². The van der Waals surface area contributed by atoms with Gasteiger partial charge >= 0.3 is 5.97 Å². The van der Waals surface area contributed by atoms with Crippen LogP contribution in [0, 0.1) is 5.82 Å². The van der Waals surface area contributed by atoms with Crippen molar-refractivity contribution in [2.75, 3.05) is 11.9 Å². The van der Waals surface area contributed by atoms with Gasteiger partial charge in [-0.15, -0.1) is 0 Å². The van der Waals surface area contributed by atoms with Gasteiger partial charge in [-0.1, -0.05) is 23.7 Å². The molecule has 0 spiro atoms. The highest BCUT2D eigenvalue weighted by Gasteiger charge is 2.19. The van der Waals surface area contributed by atoms with E-state index in [2.05, 4.69) is 5.32 Å². The van der Waals surface area contributed by atoms with Crippen molar-refractivity contribution in [2.24, 2.45) is 0 Å². The fourth-order valence-electron chi connectivity index (χ4n) is 2.05. The summed E-state index contributed by atoms with van der Waals surface area (Å²) in [6, 6.07) is 10.0. The highest BCUT2D eigenvalue weighted by Crippen LogP contribution is 2.19. The molecule has 2 aromatic carbocycles. The molecule has 1 N–H and O–H groups in total. The quantitative estimate of drug-likeness (QED) is 0.573. The molecule has 0 heterocycles. The van der Waals surface area contributed by atoms with Crippen molar-refractivity contribution < 1.29 is 28.2 Å². The fourth-order valence-corrected chi connectivity index (χ4v) is 2.23. The average Bonchev–Trinajstić information content (AvgIpc) is 2.63. The third kappa shape index (κ3) is 6.07. The Morgan fingerprint density at radius 2 is 1.93 bits per heavy atom. The number of halogens is 2. The lowest BCUT2D eigenvalue weighted by Gasteiger charge is -2.14. The van der Waals surface area contributed by atoms with E-state index in [1.807, 2.05) is 0 Å². The summed E-state index contributed by atoms with van der Waals surface area (Å²) in [5.41, 5.74) is 0.721. The predicted octanol–water partition coefficient (Wildman–Crippen LogP) is 3.63. The number of rotatable bonds is 7. The first-order valence-electron chi connectivity index (χ1n) is 7.95. The summed E-state index contributed by atoms with van der Waals surface area (Å²) in [4.78, 5) is 35.2. The molecule has 0 bridgehead atoms. The molecule has 6 nitrogen and oxygen atoms in total. The van der Waals surface area contributed by atoms with E-state index in [4.69, 9.17) is 21.1 Å². The van der Waals surface area contributed by atoms with Gasteiger partial charge in [0.15, 0.2) is 18.5 Å². The molecule has 142 valence electrons. The molecule has 27 heavy (non-hydrogen) atoms. The van der Waals surface area contributed by atoms with Crippen LogP contribution in [-0.2, 0) is 14.3 Å². The fraction of sp³-hybridized carbons (Fsp3) is 0.211. The van der Waals surface area contributed by atoms with E-state index in [0.717, 1.165) is 6.07 Å². The van der Waals surface area contributed by atoms with Gasteiger partial charge in [-0.2, -0.15) is 0 Å². The van der Waals surface area contributed by atoms with Gasteiger partial charge in [0.25, 0.3) is 5.91 Å². The van der Waals surface area contributed by atoms with Crippen LogP contribution in [0.2, 0.25) is 5.02 Å². The number of Topliss-reactive ketones (excluding diaryl/α,β-unsaturated/α-hetero) is 1. The van der Waals surface area contributed by atoms with E-state index in [9.17, 15) is 18.8 Å². The number of hydrogen-bond donors (Lipinski definition) is 1. The molecule has 1 atom stereocenters. The molecule has 2 aromatic rings. The highest BCUT2D eigenvalue weighted by atomic mass is 35.5. The van der Waals surface area contributed by atoms with Gasteiger partial charge in [-0.25, -0.2) is 9.18 Å². The zero-order valence-corrected chi connectivity index (χ0v) is 15.4. The maximum Gasteiger partial charge on any atom is 0.344 e. The van der Waals surface area contributed by atoms with Gasteiger partial charge in [-0.05, 0) is 44.2 Å². The molecule has 8 heteroatoms. The third-order valence-corrected chi connectivity index (χ3v) is 3.75. The number of hydrogen-bond acceptors (Lipinski definition) is 5. The van der Waals surface area contributed by atoms with Crippen LogP contribution in [0.1, 0.15) is 24.2 Å². The summed E-state index contributed by atoms with van der Waals surface area (Å²) in [5, 5.41) is 2.32. The minimum atomic E-state index is -1.10. The van der Waals surface area contributed by atoms with Crippen LogP contribution in [0.5, 0.6) is 5.75 Å². The zero-order chi connectivity index (χ0) is 20.0. The van der Waals surface area contributed by atoms with Crippen molar-refractivity contribution in [3.63, 3.8) is 0 Å². The maximum atomic E-state index is 13.1. The number of amides is 1. The van der Waals surface area contributed by atoms with Gasteiger partial charge in [0.2, 0.25) is 0 Å². The van der Waals surface area contributed by atoms with Gasteiger partial charge in [0.05, 0.1) is 5.02 Å². The van der Waals surface area contributed by atoms with E-state index >= 15 is 0 Å². The van der Waals surface area contributed by atoms with Crippen molar-refractivity contribution in [3.05, 3.63) is 58.9 Å². The lowest BCUT2D eigenvalue weighted by molar-refractivity contribution is -0.155. The molecular weight excluding hydrogens is 377 g/mol. The smallest absolute Gasteiger partial charge is 0.344 e. The van der Waals surface area contributed by atoms with Crippen LogP contribution in [0.25, 0.3) is 0 Å². The summed E-state index contributed by atoms with van der Waals surface area (Å²) >= 11 is 5.64. The molecule has 0 aliphatic carbocycles. The molecular formula is C19H17ClFNO5. The molecule has 0 fully saturated rings. The Hall–Kier alpha value is -2.93. The van der Waals surface area contributed by atoms with Crippen molar-refractivity contribution in [1.82, 2.24) is 0 Å². The van der Waals surface area contributed by atoms with Gasteiger partial charge in [0, 0.05) is 11.3 Å². The highest BCUT2D eigenvalue weighted by molar-refractivity contribution is 6.31. The standard InChI is InChI=1S/C19H17ClFNO5/c1-11(23)13-4-3-5-15(8-13)26-10-18(24)27-12(2)19(25)22-14-6-7-17(21)16(20)9-14/h3-9,12H,10H2,1-2H3,(H,22,25)/t12-/m0/s1. The number of carbonyl (C=O) groups is 3. The summed E-state index contributed by atoms with van der Waals surface area (Å²) in [6.45, 7) is 2.37. The average molecular weight is 394 g/mol. The number of carbonyl (C=O) groups excluding carboxylic acids is 3. The largest absolute Gasteiger partial charge is 0.482 e. The Morgan fingerprint density at radius 3 is 2.59 bits per heavy atom. The predicted molar refractivity (Wildman–Crippen MR) is 97.5 cm³/mol. The Labute approximate surface area is 160 Å². The number of benzene rings is 2. The maximum absolute atomic E-state index is 13.1. The van der Waals surface area contributed by atoms with E-state index in [1.165, 1.54) is 32.0 Å². The topological polar surface area (TPSA) is 81.7 Å². The Kier molecular flexibility index (Phi) is 6.90. The summed E-state index contributed by atoms with van der Waals surface area (Å²) in [6.07, 6.45) is -1.10. The summed E-state index contributed by atoms with van der Waals surface area (Å²) in [5.74, 6) is -1.78. The van der Waals surface area contributed by atoms with Crippen molar-refractivity contribution in [1.29, 1.82) is 0 Å². The number of ether oxygens (including phenoxy) is 2. The molecule has 0 saturated heterocycles. The van der Waals surface area contributed by atoms with Crippen LogP contribution in [0.4, 0.5) is 10.1 Å². The second-order valence-corrected chi connectivity index (χ2v) is 6.03. The molecule has 0 saturated carbocycles. The molecule has 0 radical (unpaired) electrons. The van der Waals surface area contributed by atoms with E-state index in [1.54, 1.807) is 18.2 Å². The van der Waals surface area contributed by atoms with Crippen LogP contribution >= 0.6 is 11.6 Å². The molecule has 1 amide bonds. The first kappa shape index (κ1) is 20.4. The summed E-state index contributed by atoms with van der Waals surface area (Å²) in [7, 11) is 0. The molecule has 2 rings (SSSR count). The molecule has 0 unspecified atom stereocenters. The first-order valence-corrected chi connectivity index (χ1v) is 8.33. The third-order valence-electron chi connectivity index (χ3n) is 3.46. The van der Waals surface area contributed by atoms with Crippen LogP contribution in [0.3, 0.4) is 0 Å². The van der Waals surface area contributed by atoms with Crippen molar-refractivity contribution >= 4 is 34.9 Å². The Morgan fingerprint density at radius 1 is 1.19 bits per heavy atom. The van der Waals surface area contributed by atoms with Crippen molar-refractivity contribution in [2.45, 2.75) is 20.0 Å².